The Morgan fingerprint density at radius 2 is 1.81 bits per heavy atom. The Morgan fingerprint density at radius 3 is 2.56 bits per heavy atom. The van der Waals surface area contributed by atoms with Gasteiger partial charge in [0.1, 0.15) is 5.69 Å². The number of para-hydroxylation sites is 1. The Bertz CT molecular complexity index is 921. The van der Waals surface area contributed by atoms with Gasteiger partial charge in [0.05, 0.1) is 0 Å². The van der Waals surface area contributed by atoms with Crippen LogP contribution in [0.5, 0.6) is 0 Å². The van der Waals surface area contributed by atoms with Gasteiger partial charge in [0.15, 0.2) is 5.13 Å². The second kappa shape index (κ2) is 7.71. The van der Waals surface area contributed by atoms with Gasteiger partial charge >= 0.3 is 0 Å². The quantitative estimate of drug-likeness (QED) is 0.750. The molecule has 0 saturated carbocycles. The van der Waals surface area contributed by atoms with Gasteiger partial charge in [-0.3, -0.25) is 4.79 Å². The highest BCUT2D eigenvalue weighted by atomic mass is 32.1. The number of benzene rings is 1. The zero-order chi connectivity index (χ0) is 18.6. The molecule has 138 valence electrons. The molecule has 3 aromatic rings. The number of rotatable bonds is 4. The molecule has 3 heterocycles. The zero-order valence-corrected chi connectivity index (χ0v) is 15.8. The molecule has 8 heteroatoms. The molecule has 1 amide bonds. The SMILES string of the molecule is Cc1ccccc1Nc1nc(C(=O)N2CCN(c3ncccn3)CC2)cs1. The van der Waals surface area contributed by atoms with Crippen LogP contribution in [-0.2, 0) is 0 Å². The average molecular weight is 380 g/mol. The lowest BCUT2D eigenvalue weighted by molar-refractivity contribution is 0.0741. The van der Waals surface area contributed by atoms with Crippen LogP contribution in [0.4, 0.5) is 16.8 Å². The summed E-state index contributed by atoms with van der Waals surface area (Å²) in [6.45, 7) is 4.74. The van der Waals surface area contributed by atoms with Crippen LogP contribution < -0.4 is 10.2 Å². The number of carbonyl (C=O) groups excluding carboxylic acids is 1. The monoisotopic (exact) mass is 380 g/mol. The minimum Gasteiger partial charge on any atom is -0.337 e. The minimum absolute atomic E-state index is 0.0299. The number of nitrogens with zero attached hydrogens (tertiary/aromatic N) is 5. The van der Waals surface area contributed by atoms with Crippen LogP contribution >= 0.6 is 11.3 Å². The van der Waals surface area contributed by atoms with Crippen molar-refractivity contribution in [1.82, 2.24) is 19.9 Å². The highest BCUT2D eigenvalue weighted by Gasteiger charge is 2.24. The number of nitrogens with one attached hydrogen (secondary N) is 1. The number of piperazine rings is 1. The number of aromatic nitrogens is 3. The second-order valence-corrected chi connectivity index (χ2v) is 7.16. The van der Waals surface area contributed by atoms with Crippen molar-refractivity contribution in [2.24, 2.45) is 0 Å². The molecule has 1 N–H and O–H groups in total. The van der Waals surface area contributed by atoms with Crippen molar-refractivity contribution < 1.29 is 4.79 Å². The molecule has 0 unspecified atom stereocenters. The van der Waals surface area contributed by atoms with Gasteiger partial charge in [0, 0.05) is 49.6 Å². The molecule has 4 rings (SSSR count). The number of hydrogen-bond donors (Lipinski definition) is 1. The van der Waals surface area contributed by atoms with Crippen LogP contribution in [0, 0.1) is 6.92 Å². The number of amides is 1. The summed E-state index contributed by atoms with van der Waals surface area (Å²) in [7, 11) is 0. The topological polar surface area (TPSA) is 74.2 Å². The van der Waals surface area contributed by atoms with Crippen molar-refractivity contribution >= 4 is 34.0 Å². The number of thiazole rings is 1. The highest BCUT2D eigenvalue weighted by Crippen LogP contribution is 2.24. The van der Waals surface area contributed by atoms with Crippen LogP contribution in [-0.4, -0.2) is 51.9 Å². The third kappa shape index (κ3) is 3.90. The molecule has 0 aliphatic carbocycles. The summed E-state index contributed by atoms with van der Waals surface area (Å²) in [5.74, 6) is 0.681. The fourth-order valence-electron chi connectivity index (χ4n) is 2.98. The predicted molar refractivity (Wildman–Crippen MR) is 107 cm³/mol. The fourth-order valence-corrected chi connectivity index (χ4v) is 3.68. The minimum atomic E-state index is -0.0299. The summed E-state index contributed by atoms with van der Waals surface area (Å²) < 4.78 is 0. The van der Waals surface area contributed by atoms with Gasteiger partial charge in [-0.1, -0.05) is 18.2 Å². The molecule has 0 radical (unpaired) electrons. The zero-order valence-electron chi connectivity index (χ0n) is 15.0. The molecule has 1 saturated heterocycles. The van der Waals surface area contributed by atoms with Crippen molar-refractivity contribution in [2.45, 2.75) is 6.92 Å². The van der Waals surface area contributed by atoms with E-state index in [1.54, 1.807) is 18.5 Å². The Balaban J connectivity index is 1.38. The molecule has 0 bridgehead atoms. The predicted octanol–water partition coefficient (Wildman–Crippen LogP) is 2.95. The molecule has 0 atom stereocenters. The standard InChI is InChI=1S/C19H20N6OS/c1-14-5-2-3-6-15(14)22-19-23-16(13-27-19)17(26)24-9-11-25(12-10-24)18-20-7-4-8-21-18/h2-8,13H,9-12H2,1H3,(H,22,23). The van der Waals surface area contributed by atoms with Crippen LogP contribution in [0.3, 0.4) is 0 Å². The summed E-state index contributed by atoms with van der Waals surface area (Å²) >= 11 is 1.44. The second-order valence-electron chi connectivity index (χ2n) is 6.31. The Morgan fingerprint density at radius 1 is 1.07 bits per heavy atom. The average Bonchev–Trinajstić information content (AvgIpc) is 3.18. The Labute approximate surface area is 161 Å². The Kier molecular flexibility index (Phi) is 4.97. The van der Waals surface area contributed by atoms with E-state index in [-0.39, 0.29) is 5.91 Å². The first-order valence-electron chi connectivity index (χ1n) is 8.80. The summed E-state index contributed by atoms with van der Waals surface area (Å²) in [6, 6.07) is 9.82. The molecular weight excluding hydrogens is 360 g/mol. The first kappa shape index (κ1) is 17.4. The molecule has 7 nitrogen and oxygen atoms in total. The molecule has 1 fully saturated rings. The summed E-state index contributed by atoms with van der Waals surface area (Å²) in [4.78, 5) is 29.7. The van der Waals surface area contributed by atoms with Gasteiger partial charge in [-0.25, -0.2) is 15.0 Å². The normalized spacial score (nSPS) is 14.3. The van der Waals surface area contributed by atoms with Crippen LogP contribution in [0.2, 0.25) is 0 Å². The Hall–Kier alpha value is -3.00. The van der Waals surface area contributed by atoms with Gasteiger partial charge < -0.3 is 15.1 Å². The molecule has 0 spiro atoms. The van der Waals surface area contributed by atoms with E-state index >= 15 is 0 Å². The van der Waals surface area contributed by atoms with Gasteiger partial charge in [-0.15, -0.1) is 11.3 Å². The number of aryl methyl sites for hydroxylation is 1. The van der Waals surface area contributed by atoms with E-state index in [2.05, 4.69) is 25.2 Å². The molecule has 2 aromatic heterocycles. The number of carbonyl (C=O) groups is 1. The molecule has 1 aromatic carbocycles. The smallest absolute Gasteiger partial charge is 0.273 e. The van der Waals surface area contributed by atoms with Crippen molar-refractivity contribution in [2.75, 3.05) is 36.4 Å². The number of anilines is 3. The number of hydrogen-bond acceptors (Lipinski definition) is 7. The maximum atomic E-state index is 12.8. The van der Waals surface area contributed by atoms with E-state index in [0.717, 1.165) is 16.4 Å². The van der Waals surface area contributed by atoms with E-state index in [1.165, 1.54) is 11.3 Å². The van der Waals surface area contributed by atoms with E-state index in [1.807, 2.05) is 41.5 Å². The molecule has 27 heavy (non-hydrogen) atoms. The third-order valence-electron chi connectivity index (χ3n) is 4.51. The van der Waals surface area contributed by atoms with E-state index < -0.39 is 0 Å². The lowest BCUT2D eigenvalue weighted by Crippen LogP contribution is -2.49. The maximum absolute atomic E-state index is 12.8. The van der Waals surface area contributed by atoms with Crippen molar-refractivity contribution in [3.8, 4) is 0 Å². The largest absolute Gasteiger partial charge is 0.337 e. The summed E-state index contributed by atoms with van der Waals surface area (Å²) in [6.07, 6.45) is 3.47. The lowest BCUT2D eigenvalue weighted by Gasteiger charge is -2.34. The van der Waals surface area contributed by atoms with Crippen LogP contribution in [0.25, 0.3) is 0 Å². The van der Waals surface area contributed by atoms with E-state index in [9.17, 15) is 4.79 Å². The highest BCUT2D eigenvalue weighted by molar-refractivity contribution is 7.14. The van der Waals surface area contributed by atoms with Gasteiger partial charge in [-0.05, 0) is 24.6 Å². The van der Waals surface area contributed by atoms with Gasteiger partial charge in [0.2, 0.25) is 5.95 Å². The van der Waals surface area contributed by atoms with Crippen LogP contribution in [0.1, 0.15) is 16.1 Å². The summed E-state index contributed by atoms with van der Waals surface area (Å²) in [5, 5.41) is 5.83. The van der Waals surface area contributed by atoms with E-state index in [4.69, 9.17) is 0 Å². The fraction of sp³-hybridized carbons (Fsp3) is 0.263. The molecule has 1 aliphatic rings. The lowest BCUT2D eigenvalue weighted by atomic mass is 10.2. The third-order valence-corrected chi connectivity index (χ3v) is 5.27. The first-order valence-corrected chi connectivity index (χ1v) is 9.68. The van der Waals surface area contributed by atoms with Gasteiger partial charge in [0.25, 0.3) is 5.91 Å². The van der Waals surface area contributed by atoms with Crippen molar-refractivity contribution in [3.05, 3.63) is 59.4 Å². The van der Waals surface area contributed by atoms with E-state index in [0.29, 0.717) is 37.8 Å². The molecular formula is C19H20N6OS. The van der Waals surface area contributed by atoms with Crippen LogP contribution in [0.15, 0.2) is 48.1 Å². The maximum Gasteiger partial charge on any atom is 0.273 e. The van der Waals surface area contributed by atoms with Gasteiger partial charge in [-0.2, -0.15) is 0 Å². The summed E-state index contributed by atoms with van der Waals surface area (Å²) in [5.41, 5.74) is 2.63. The van der Waals surface area contributed by atoms with Crippen molar-refractivity contribution in [3.63, 3.8) is 0 Å². The molecule has 1 aliphatic heterocycles. The first-order chi connectivity index (χ1) is 13.2. The van der Waals surface area contributed by atoms with Crippen molar-refractivity contribution in [1.29, 1.82) is 0 Å².